The normalized spacial score (nSPS) is 14.2. The first-order chi connectivity index (χ1) is 17.9. The first-order valence-electron chi connectivity index (χ1n) is 13.0. The van der Waals surface area contributed by atoms with Crippen LogP contribution in [0.5, 0.6) is 5.75 Å². The van der Waals surface area contributed by atoms with Crippen molar-refractivity contribution < 1.29 is 14.3 Å². The number of amides is 2. The summed E-state index contributed by atoms with van der Waals surface area (Å²) >= 11 is 3.58. The molecule has 5 nitrogen and oxygen atoms in total. The first kappa shape index (κ1) is 26.9. The van der Waals surface area contributed by atoms with Gasteiger partial charge in [-0.3, -0.25) is 9.59 Å². The molecular weight excluding hydrogens is 528 g/mol. The topological polar surface area (TPSA) is 58.6 Å². The Bertz CT molecular complexity index is 1170. The summed E-state index contributed by atoms with van der Waals surface area (Å²) in [5, 5.41) is 3.24. The first-order valence-corrected chi connectivity index (χ1v) is 13.8. The molecule has 0 aromatic heterocycles. The number of ether oxygens (including phenoxy) is 1. The molecule has 2 amide bonds. The number of carbonyl (C=O) groups excluding carboxylic acids is 2. The van der Waals surface area contributed by atoms with Crippen molar-refractivity contribution in [3.05, 3.63) is 99.5 Å². The third-order valence-electron chi connectivity index (χ3n) is 6.94. The fourth-order valence-electron chi connectivity index (χ4n) is 4.92. The highest BCUT2D eigenvalue weighted by Crippen LogP contribution is 2.26. The summed E-state index contributed by atoms with van der Waals surface area (Å²) in [5.41, 5.74) is 4.07. The van der Waals surface area contributed by atoms with E-state index in [0.29, 0.717) is 18.7 Å². The Kier molecular flexibility index (Phi) is 9.40. The third-order valence-corrected chi connectivity index (χ3v) is 8.19. The lowest BCUT2D eigenvalue weighted by molar-refractivity contribution is -0.143. The molecule has 194 valence electrons. The van der Waals surface area contributed by atoms with Crippen LogP contribution in [0.25, 0.3) is 0 Å². The minimum atomic E-state index is -0.646. The van der Waals surface area contributed by atoms with E-state index in [-0.39, 0.29) is 24.5 Å². The number of aryl methyl sites for hydroxylation is 2. The Labute approximate surface area is 228 Å². The van der Waals surface area contributed by atoms with Crippen molar-refractivity contribution in [1.29, 1.82) is 0 Å². The van der Waals surface area contributed by atoms with Crippen LogP contribution in [-0.4, -0.2) is 35.4 Å². The van der Waals surface area contributed by atoms with Gasteiger partial charge >= 0.3 is 0 Å². The van der Waals surface area contributed by atoms with Gasteiger partial charge in [0.2, 0.25) is 5.91 Å². The van der Waals surface area contributed by atoms with Gasteiger partial charge in [0.05, 0.1) is 0 Å². The summed E-state index contributed by atoms with van der Waals surface area (Å²) in [6.45, 7) is 4.18. The third kappa shape index (κ3) is 7.45. The smallest absolute Gasteiger partial charge is 0.261 e. The van der Waals surface area contributed by atoms with Crippen LogP contribution in [0.15, 0.2) is 77.3 Å². The lowest BCUT2D eigenvalue weighted by Gasteiger charge is -2.32. The van der Waals surface area contributed by atoms with E-state index in [4.69, 9.17) is 4.74 Å². The molecule has 1 N–H and O–H groups in total. The average Bonchev–Trinajstić information content (AvgIpc) is 3.42. The number of carbonyl (C=O) groups is 2. The minimum Gasteiger partial charge on any atom is -0.484 e. The van der Waals surface area contributed by atoms with E-state index in [1.54, 1.807) is 4.90 Å². The van der Waals surface area contributed by atoms with Gasteiger partial charge in [0, 0.05) is 23.5 Å². The Morgan fingerprint density at radius 2 is 1.51 bits per heavy atom. The second kappa shape index (κ2) is 12.9. The molecule has 0 spiro atoms. The second-order valence-corrected chi connectivity index (χ2v) is 10.7. The maximum absolute atomic E-state index is 13.7. The molecule has 0 radical (unpaired) electrons. The fraction of sp³-hybridized carbons (Fsp3) is 0.355. The average molecular weight is 564 g/mol. The molecule has 37 heavy (non-hydrogen) atoms. The lowest BCUT2D eigenvalue weighted by atomic mass is 10.0. The van der Waals surface area contributed by atoms with E-state index in [0.717, 1.165) is 52.4 Å². The molecule has 1 saturated carbocycles. The van der Waals surface area contributed by atoms with Crippen molar-refractivity contribution in [2.24, 2.45) is 0 Å². The van der Waals surface area contributed by atoms with Gasteiger partial charge in [-0.1, -0.05) is 89.4 Å². The molecule has 0 heterocycles. The van der Waals surface area contributed by atoms with Crippen molar-refractivity contribution in [3.8, 4) is 5.75 Å². The summed E-state index contributed by atoms with van der Waals surface area (Å²) in [5.74, 6) is 0.321. The van der Waals surface area contributed by atoms with Crippen LogP contribution in [-0.2, 0) is 22.6 Å². The van der Waals surface area contributed by atoms with Crippen LogP contribution in [0.4, 0.5) is 0 Å². The van der Waals surface area contributed by atoms with E-state index in [2.05, 4.69) is 21.2 Å². The maximum atomic E-state index is 13.7. The van der Waals surface area contributed by atoms with Gasteiger partial charge in [-0.2, -0.15) is 0 Å². The molecule has 1 aliphatic rings. The van der Waals surface area contributed by atoms with Crippen molar-refractivity contribution in [1.82, 2.24) is 10.2 Å². The van der Waals surface area contributed by atoms with Gasteiger partial charge in [-0.25, -0.2) is 0 Å². The van der Waals surface area contributed by atoms with Gasteiger partial charge in [0.1, 0.15) is 11.8 Å². The van der Waals surface area contributed by atoms with Crippen LogP contribution < -0.4 is 10.1 Å². The molecule has 1 aliphatic carbocycles. The highest BCUT2D eigenvalue weighted by molar-refractivity contribution is 9.10. The molecule has 0 saturated heterocycles. The van der Waals surface area contributed by atoms with Crippen LogP contribution in [0.1, 0.15) is 47.9 Å². The van der Waals surface area contributed by atoms with Crippen molar-refractivity contribution >= 4 is 27.7 Å². The number of nitrogens with one attached hydrogen (secondary N) is 1. The van der Waals surface area contributed by atoms with Gasteiger partial charge in [-0.15, -0.1) is 0 Å². The molecule has 0 bridgehead atoms. The van der Waals surface area contributed by atoms with Gasteiger partial charge in [-0.05, 0) is 61.1 Å². The van der Waals surface area contributed by atoms with Gasteiger partial charge < -0.3 is 15.0 Å². The van der Waals surface area contributed by atoms with Gasteiger partial charge in [0.25, 0.3) is 5.91 Å². The van der Waals surface area contributed by atoms with Crippen LogP contribution in [0.2, 0.25) is 0 Å². The lowest BCUT2D eigenvalue weighted by Crippen LogP contribution is -2.53. The molecule has 1 atom stereocenters. The van der Waals surface area contributed by atoms with E-state index in [9.17, 15) is 9.59 Å². The van der Waals surface area contributed by atoms with Crippen LogP contribution in [0, 0.1) is 13.8 Å². The second-order valence-electron chi connectivity index (χ2n) is 9.86. The fourth-order valence-corrected chi connectivity index (χ4v) is 5.15. The van der Waals surface area contributed by atoms with E-state index >= 15 is 0 Å². The number of hydrogen-bond acceptors (Lipinski definition) is 3. The van der Waals surface area contributed by atoms with Crippen molar-refractivity contribution in [2.45, 2.75) is 64.6 Å². The zero-order valence-corrected chi connectivity index (χ0v) is 23.2. The molecular formula is C31H35BrN2O3. The quantitative estimate of drug-likeness (QED) is 0.322. The zero-order chi connectivity index (χ0) is 26.2. The summed E-state index contributed by atoms with van der Waals surface area (Å²) in [7, 11) is 0. The summed E-state index contributed by atoms with van der Waals surface area (Å²) in [6, 6.07) is 23.1. The highest BCUT2D eigenvalue weighted by Gasteiger charge is 2.32. The summed E-state index contributed by atoms with van der Waals surface area (Å²) < 4.78 is 7.00. The van der Waals surface area contributed by atoms with E-state index in [1.165, 1.54) is 0 Å². The number of hydrogen-bond donors (Lipinski definition) is 1. The summed E-state index contributed by atoms with van der Waals surface area (Å²) in [6.07, 6.45) is 4.67. The molecule has 0 unspecified atom stereocenters. The van der Waals surface area contributed by atoms with Crippen molar-refractivity contribution in [2.75, 3.05) is 6.61 Å². The Morgan fingerprint density at radius 3 is 2.11 bits per heavy atom. The predicted molar refractivity (Wildman–Crippen MR) is 150 cm³/mol. The highest BCUT2D eigenvalue weighted by atomic mass is 79.9. The van der Waals surface area contributed by atoms with E-state index in [1.807, 2.05) is 86.6 Å². The predicted octanol–water partition coefficient (Wildman–Crippen LogP) is 6.14. The molecule has 1 fully saturated rings. The van der Waals surface area contributed by atoms with Crippen LogP contribution in [0.3, 0.4) is 0 Å². The standard InChI is InChI=1S/C31H35BrN2O3/c1-22-17-27(18-23(2)30(22)32)37-21-29(35)34(20-25-13-7-4-8-14-25)28(19-24-11-5-3-6-12-24)31(36)33-26-15-9-10-16-26/h3-8,11-14,17-18,26,28H,9-10,15-16,19-21H2,1-2H3,(H,33,36)/t28-/m0/s1. The number of halogens is 1. The van der Waals surface area contributed by atoms with Gasteiger partial charge in [0.15, 0.2) is 6.61 Å². The molecule has 6 heteroatoms. The van der Waals surface area contributed by atoms with E-state index < -0.39 is 6.04 Å². The SMILES string of the molecule is Cc1cc(OCC(=O)N(Cc2ccccc2)[C@@H](Cc2ccccc2)C(=O)NC2CCCC2)cc(C)c1Br. The van der Waals surface area contributed by atoms with Crippen molar-refractivity contribution in [3.63, 3.8) is 0 Å². The zero-order valence-electron chi connectivity index (χ0n) is 21.6. The number of nitrogens with zero attached hydrogens (tertiary/aromatic N) is 1. The number of benzene rings is 3. The minimum absolute atomic E-state index is 0.102. The Morgan fingerprint density at radius 1 is 0.946 bits per heavy atom. The summed E-state index contributed by atoms with van der Waals surface area (Å²) in [4.78, 5) is 29.1. The molecule has 3 aromatic rings. The molecule has 4 rings (SSSR count). The maximum Gasteiger partial charge on any atom is 0.261 e. The number of rotatable bonds is 10. The largest absolute Gasteiger partial charge is 0.484 e. The molecule has 3 aromatic carbocycles. The van der Waals surface area contributed by atoms with Crippen LogP contribution >= 0.6 is 15.9 Å². The molecule has 0 aliphatic heterocycles. The Hall–Kier alpha value is -3.12. The Balaban J connectivity index is 1.60. The monoisotopic (exact) mass is 562 g/mol.